The highest BCUT2D eigenvalue weighted by atomic mass is 32.1. The summed E-state index contributed by atoms with van der Waals surface area (Å²) in [6, 6.07) is 0. The average molecular weight is 439 g/mol. The van der Waals surface area contributed by atoms with Gasteiger partial charge in [0.05, 0.1) is 0 Å². The van der Waals surface area contributed by atoms with Gasteiger partial charge in [-0.1, -0.05) is 167 Å². The first-order chi connectivity index (χ1) is 14.9. The molecule has 0 amide bonds. The number of unbranched alkanes of at least 4 members (excludes halogenated alkanes) is 25. The Morgan fingerprint density at radius 3 is 0.833 bits per heavy atom. The lowest BCUT2D eigenvalue weighted by Gasteiger charge is -2.04. The van der Waals surface area contributed by atoms with Crippen molar-refractivity contribution in [1.29, 1.82) is 0 Å². The van der Waals surface area contributed by atoms with E-state index in [1.54, 1.807) is 0 Å². The van der Waals surface area contributed by atoms with E-state index in [0.717, 1.165) is 0 Å². The summed E-state index contributed by atoms with van der Waals surface area (Å²) in [5.74, 6) is 0. The second-order valence-electron chi connectivity index (χ2n) is 9.66. The Morgan fingerprint density at radius 2 is 0.600 bits per heavy atom. The van der Waals surface area contributed by atoms with Crippen LogP contribution in [0, 0.1) is 0 Å². The molecule has 0 radical (unpaired) electrons. The highest BCUT2D eigenvalue weighted by molar-refractivity contribution is 7.83. The summed E-state index contributed by atoms with van der Waals surface area (Å²) >= 11 is 4.10. The number of rotatable bonds is 26. The van der Waals surface area contributed by atoms with Crippen molar-refractivity contribution in [1.82, 2.24) is 0 Å². The monoisotopic (exact) mass is 438 g/mol. The Hall–Kier alpha value is 0.0900. The van der Waals surface area contributed by atoms with Gasteiger partial charge < -0.3 is 0 Å². The molecule has 0 saturated heterocycles. The first-order valence-electron chi connectivity index (χ1n) is 14.2. The molecule has 0 spiro atoms. The van der Waals surface area contributed by atoms with Crippen molar-refractivity contribution >= 4 is 12.6 Å². The highest BCUT2D eigenvalue weighted by Crippen LogP contribution is 2.15. The predicted molar refractivity (Wildman–Crippen MR) is 144 cm³/mol. The van der Waals surface area contributed by atoms with Crippen LogP contribution in [0.3, 0.4) is 0 Å². The third-order valence-electron chi connectivity index (χ3n) is 6.58. The third kappa shape index (κ3) is 28.1. The molecule has 0 heterocycles. The summed E-state index contributed by atoms with van der Waals surface area (Å²) in [6.07, 6.45) is 39.9. The van der Waals surface area contributed by atoms with Crippen molar-refractivity contribution in [2.24, 2.45) is 0 Å². The quantitative estimate of drug-likeness (QED) is 0.101. The van der Waals surface area contributed by atoms with Gasteiger partial charge in [-0.05, 0) is 18.2 Å². The molecule has 0 aromatic rings. The Balaban J connectivity index is 2.99. The number of hydrogen-bond acceptors (Lipinski definition) is 1. The lowest BCUT2D eigenvalue weighted by molar-refractivity contribution is 0.516. The molecule has 0 aliphatic rings. The summed E-state index contributed by atoms with van der Waals surface area (Å²) in [5.41, 5.74) is 0. The predicted octanol–water partition coefficient (Wildman–Crippen LogP) is 11.6. The maximum absolute atomic E-state index is 4.10. The zero-order chi connectivity index (χ0) is 21.8. The largest absolute Gasteiger partial charge is 0.152 e. The number of allylic oxidation sites excluding steroid dienone is 1. The lowest BCUT2D eigenvalue weighted by Crippen LogP contribution is -1.84. The minimum Gasteiger partial charge on any atom is -0.152 e. The van der Waals surface area contributed by atoms with Crippen molar-refractivity contribution < 1.29 is 0 Å². The molecule has 0 fully saturated rings. The fraction of sp³-hybridized carbons (Fsp3) is 0.931. The van der Waals surface area contributed by atoms with Crippen molar-refractivity contribution in [2.75, 3.05) is 0 Å². The van der Waals surface area contributed by atoms with E-state index < -0.39 is 0 Å². The topological polar surface area (TPSA) is 0 Å². The van der Waals surface area contributed by atoms with Crippen LogP contribution < -0.4 is 0 Å². The molecular weight excluding hydrogens is 380 g/mol. The lowest BCUT2D eigenvalue weighted by atomic mass is 10.0. The molecule has 0 aliphatic heterocycles. The van der Waals surface area contributed by atoms with Crippen LogP contribution in [0.4, 0.5) is 0 Å². The Bertz CT molecular complexity index is 309. The Kier molecular flexibility index (Phi) is 29.2. The van der Waals surface area contributed by atoms with Crippen LogP contribution in [-0.2, 0) is 0 Å². The van der Waals surface area contributed by atoms with E-state index >= 15 is 0 Å². The van der Waals surface area contributed by atoms with E-state index in [2.05, 4.69) is 25.6 Å². The van der Waals surface area contributed by atoms with Gasteiger partial charge >= 0.3 is 0 Å². The van der Waals surface area contributed by atoms with Gasteiger partial charge in [0.2, 0.25) is 0 Å². The van der Waals surface area contributed by atoms with Gasteiger partial charge in [0.25, 0.3) is 0 Å². The maximum Gasteiger partial charge on any atom is -0.0343 e. The molecule has 0 unspecified atom stereocenters. The standard InChI is InChI=1S/C29H58S/c1-2-3-4-5-6-7-8-9-10-11-12-13-14-15-16-17-18-19-20-21-22-23-24-25-26-27-28-29-30/h28-30H,2-27H2,1H3. The molecule has 0 atom stereocenters. The fourth-order valence-corrected chi connectivity index (χ4v) is 4.62. The molecule has 1 heteroatoms. The van der Waals surface area contributed by atoms with Crippen molar-refractivity contribution in [3.8, 4) is 0 Å². The Morgan fingerprint density at radius 1 is 0.367 bits per heavy atom. The Labute approximate surface area is 197 Å². The molecular formula is C29H58S. The third-order valence-corrected chi connectivity index (χ3v) is 6.79. The van der Waals surface area contributed by atoms with Gasteiger partial charge in [0.15, 0.2) is 0 Å². The van der Waals surface area contributed by atoms with Gasteiger partial charge in [-0.3, -0.25) is 0 Å². The molecule has 180 valence electrons. The minimum atomic E-state index is 1.21. The van der Waals surface area contributed by atoms with Crippen molar-refractivity contribution in [2.45, 2.75) is 174 Å². The van der Waals surface area contributed by atoms with Crippen molar-refractivity contribution in [3.63, 3.8) is 0 Å². The van der Waals surface area contributed by atoms with Crippen LogP contribution in [0.1, 0.15) is 174 Å². The summed E-state index contributed by atoms with van der Waals surface area (Å²) in [7, 11) is 0. The van der Waals surface area contributed by atoms with Gasteiger partial charge in [0, 0.05) is 0 Å². The summed E-state index contributed by atoms with van der Waals surface area (Å²) in [5, 5.41) is 1.87. The van der Waals surface area contributed by atoms with Crippen LogP contribution in [0.25, 0.3) is 0 Å². The number of hydrogen-bond donors (Lipinski definition) is 1. The van der Waals surface area contributed by atoms with E-state index in [1.165, 1.54) is 167 Å². The van der Waals surface area contributed by atoms with E-state index in [9.17, 15) is 0 Å². The summed E-state index contributed by atoms with van der Waals surface area (Å²) in [4.78, 5) is 0. The first kappa shape index (κ1) is 30.1. The van der Waals surface area contributed by atoms with Gasteiger partial charge in [-0.15, -0.1) is 0 Å². The minimum absolute atomic E-state index is 1.21. The SMILES string of the molecule is CCCCCCCCCCCCCCCCCCCCCCCCCCCC=CS. The molecule has 0 rings (SSSR count). The molecule has 0 nitrogen and oxygen atoms in total. The van der Waals surface area contributed by atoms with Crippen LogP contribution in [0.15, 0.2) is 11.5 Å². The molecule has 30 heavy (non-hydrogen) atoms. The molecule has 0 saturated carbocycles. The normalized spacial score (nSPS) is 11.7. The van der Waals surface area contributed by atoms with E-state index in [0.29, 0.717) is 0 Å². The smallest absolute Gasteiger partial charge is 0.0343 e. The zero-order valence-electron chi connectivity index (χ0n) is 21.0. The molecule has 0 aromatic carbocycles. The summed E-state index contributed by atoms with van der Waals surface area (Å²) in [6.45, 7) is 2.30. The molecule has 0 aromatic heterocycles. The maximum atomic E-state index is 4.10. The fourth-order valence-electron chi connectivity index (χ4n) is 4.48. The molecule has 0 N–H and O–H groups in total. The van der Waals surface area contributed by atoms with Crippen LogP contribution in [-0.4, -0.2) is 0 Å². The van der Waals surface area contributed by atoms with Gasteiger partial charge in [-0.25, -0.2) is 0 Å². The molecule has 0 aliphatic carbocycles. The van der Waals surface area contributed by atoms with E-state index in [1.807, 2.05) is 5.41 Å². The summed E-state index contributed by atoms with van der Waals surface area (Å²) < 4.78 is 0. The second kappa shape index (κ2) is 29.1. The van der Waals surface area contributed by atoms with Crippen LogP contribution in [0.5, 0.6) is 0 Å². The van der Waals surface area contributed by atoms with Crippen LogP contribution in [0.2, 0.25) is 0 Å². The highest BCUT2D eigenvalue weighted by Gasteiger charge is 1.96. The zero-order valence-corrected chi connectivity index (χ0v) is 21.9. The van der Waals surface area contributed by atoms with Gasteiger partial charge in [-0.2, -0.15) is 12.6 Å². The molecule has 0 bridgehead atoms. The van der Waals surface area contributed by atoms with Gasteiger partial charge in [0.1, 0.15) is 0 Å². The van der Waals surface area contributed by atoms with Crippen molar-refractivity contribution in [3.05, 3.63) is 11.5 Å². The van der Waals surface area contributed by atoms with Crippen LogP contribution >= 0.6 is 12.6 Å². The average Bonchev–Trinajstić information content (AvgIpc) is 2.76. The number of thiol groups is 1. The first-order valence-corrected chi connectivity index (χ1v) is 14.7. The second-order valence-corrected chi connectivity index (χ2v) is 9.96. The van der Waals surface area contributed by atoms with E-state index in [4.69, 9.17) is 0 Å². The van der Waals surface area contributed by atoms with E-state index in [-0.39, 0.29) is 0 Å².